The Kier molecular flexibility index (Phi) is 9.87. The van der Waals surface area contributed by atoms with Crippen molar-refractivity contribution in [3.05, 3.63) is 84.5 Å². The van der Waals surface area contributed by atoms with Crippen LogP contribution in [0.3, 0.4) is 0 Å². The predicted molar refractivity (Wildman–Crippen MR) is 183 cm³/mol. The predicted octanol–water partition coefficient (Wildman–Crippen LogP) is 3.86. The first-order chi connectivity index (χ1) is 23.0. The van der Waals surface area contributed by atoms with Gasteiger partial charge in [0.25, 0.3) is 0 Å². The zero-order valence-electron chi connectivity index (χ0n) is 27.7. The molecule has 1 aliphatic rings. The number of carbonyl (C=O) groups is 2. The first kappa shape index (κ1) is 33.8. The number of anilines is 2. The SMILES string of the molecule is CC[C@H](C)[C@@H](Nc1ccc2c(cc1=O)[C@H](NC(C)=O)CCc1cc(OC)c(OC)c(OC)c1-2)C(=O)Nc1ccc2[nH]c(=O)c(=O)[nH]c2c1. The zero-order chi connectivity index (χ0) is 34.7. The van der Waals surface area contributed by atoms with E-state index in [9.17, 15) is 24.0 Å². The number of aromatic nitrogens is 2. The lowest BCUT2D eigenvalue weighted by Gasteiger charge is -2.24. The van der Waals surface area contributed by atoms with Crippen LogP contribution in [0.25, 0.3) is 22.2 Å². The average Bonchev–Trinajstić information content (AvgIpc) is 3.30. The molecule has 0 bridgehead atoms. The van der Waals surface area contributed by atoms with Crippen molar-refractivity contribution in [2.24, 2.45) is 5.92 Å². The number of benzene rings is 2. The number of nitrogens with one attached hydrogen (secondary N) is 5. The number of aryl methyl sites for hydroxylation is 1. The van der Waals surface area contributed by atoms with Crippen molar-refractivity contribution in [2.45, 2.75) is 52.1 Å². The molecule has 0 aliphatic heterocycles. The van der Waals surface area contributed by atoms with Crippen LogP contribution >= 0.6 is 0 Å². The zero-order valence-corrected chi connectivity index (χ0v) is 27.7. The molecule has 48 heavy (non-hydrogen) atoms. The Labute approximate surface area is 276 Å². The lowest BCUT2D eigenvalue weighted by molar-refractivity contribution is -0.120. The molecule has 0 spiro atoms. The topological polar surface area (TPSA) is 181 Å². The molecule has 13 nitrogen and oxygen atoms in total. The fourth-order valence-electron chi connectivity index (χ4n) is 6.11. The smallest absolute Gasteiger partial charge is 0.314 e. The van der Waals surface area contributed by atoms with Crippen LogP contribution in [0.15, 0.2) is 56.8 Å². The normalized spacial score (nSPS) is 14.8. The van der Waals surface area contributed by atoms with Crippen molar-refractivity contribution < 1.29 is 23.8 Å². The number of H-pyrrole nitrogens is 2. The number of fused-ring (bicyclic) bond motifs is 4. The number of ether oxygens (including phenoxy) is 3. The lowest BCUT2D eigenvalue weighted by Crippen LogP contribution is -2.40. The van der Waals surface area contributed by atoms with Crippen LogP contribution in [0, 0.1) is 5.92 Å². The van der Waals surface area contributed by atoms with Crippen LogP contribution in [-0.2, 0) is 16.0 Å². The molecule has 1 aliphatic carbocycles. The third kappa shape index (κ3) is 6.61. The van der Waals surface area contributed by atoms with E-state index >= 15 is 0 Å². The number of amides is 2. The second-order valence-electron chi connectivity index (χ2n) is 11.8. The maximum atomic E-state index is 13.9. The van der Waals surface area contributed by atoms with Gasteiger partial charge in [0.15, 0.2) is 11.5 Å². The first-order valence-corrected chi connectivity index (χ1v) is 15.6. The number of aromatic amines is 2. The fraction of sp³-hybridized carbons (Fsp3) is 0.343. The van der Waals surface area contributed by atoms with Gasteiger partial charge >= 0.3 is 11.1 Å². The van der Waals surface area contributed by atoms with E-state index in [2.05, 4.69) is 25.9 Å². The quantitative estimate of drug-likeness (QED) is 0.158. The third-order valence-electron chi connectivity index (χ3n) is 8.71. The van der Waals surface area contributed by atoms with Gasteiger partial charge in [-0.15, -0.1) is 0 Å². The van der Waals surface area contributed by atoms with Gasteiger partial charge in [0.2, 0.25) is 23.0 Å². The maximum Gasteiger partial charge on any atom is 0.314 e. The molecule has 0 unspecified atom stereocenters. The van der Waals surface area contributed by atoms with Gasteiger partial charge in [0.05, 0.1) is 44.1 Å². The molecule has 1 aromatic heterocycles. The van der Waals surface area contributed by atoms with Gasteiger partial charge < -0.3 is 40.1 Å². The molecular weight excluding hydrogens is 618 g/mol. The lowest BCUT2D eigenvalue weighted by atomic mass is 9.95. The van der Waals surface area contributed by atoms with Gasteiger partial charge in [-0.1, -0.05) is 26.3 Å². The summed E-state index contributed by atoms with van der Waals surface area (Å²) in [6.07, 6.45) is 1.69. The Morgan fingerprint density at radius 1 is 0.917 bits per heavy atom. The molecule has 5 rings (SSSR count). The van der Waals surface area contributed by atoms with Crippen LogP contribution < -0.4 is 46.7 Å². The summed E-state index contributed by atoms with van der Waals surface area (Å²) in [7, 11) is 4.60. The molecule has 3 atom stereocenters. The van der Waals surface area contributed by atoms with Gasteiger partial charge in [-0.3, -0.25) is 24.0 Å². The van der Waals surface area contributed by atoms with Gasteiger partial charge in [-0.05, 0) is 71.8 Å². The van der Waals surface area contributed by atoms with Crippen LogP contribution in [0.4, 0.5) is 11.4 Å². The van der Waals surface area contributed by atoms with Crippen molar-refractivity contribution in [3.63, 3.8) is 0 Å². The second-order valence-corrected chi connectivity index (χ2v) is 11.8. The highest BCUT2D eigenvalue weighted by Crippen LogP contribution is 2.50. The van der Waals surface area contributed by atoms with E-state index < -0.39 is 29.1 Å². The standard InChI is InChI=1S/C35H39N5O8/c1-7-17(2)30(33(43)37-20-9-12-24-26(15-20)40-35(45)34(44)39-24)38-25-13-10-21-22(16-27(25)42)23(36-18(3)41)11-8-19-14-28(46-4)31(47-5)32(48-6)29(19)21/h9-10,12-17,23,30H,7-8,11H2,1-6H3,(H,36,41)(H,37,43)(H,38,42)(H,39,44)(H,40,45)/t17-,23+,30+/m0/s1. The van der Waals surface area contributed by atoms with E-state index in [-0.39, 0.29) is 22.9 Å². The number of hydrogen-bond acceptors (Lipinski definition) is 9. The van der Waals surface area contributed by atoms with Crippen molar-refractivity contribution in [1.82, 2.24) is 15.3 Å². The van der Waals surface area contributed by atoms with Crippen LogP contribution in [0.1, 0.15) is 50.8 Å². The summed E-state index contributed by atoms with van der Waals surface area (Å²) in [5.74, 6) is 0.481. The van der Waals surface area contributed by atoms with Crippen LogP contribution in [0.5, 0.6) is 17.2 Å². The molecule has 3 aromatic carbocycles. The number of carbonyl (C=O) groups excluding carboxylic acids is 2. The van der Waals surface area contributed by atoms with Crippen LogP contribution in [-0.4, -0.2) is 49.2 Å². The van der Waals surface area contributed by atoms with E-state index in [1.54, 1.807) is 37.4 Å². The molecule has 4 aromatic rings. The first-order valence-electron chi connectivity index (χ1n) is 15.6. The Morgan fingerprint density at radius 2 is 1.62 bits per heavy atom. The third-order valence-corrected chi connectivity index (χ3v) is 8.71. The Morgan fingerprint density at radius 3 is 2.27 bits per heavy atom. The minimum absolute atomic E-state index is 0.187. The van der Waals surface area contributed by atoms with Gasteiger partial charge in [-0.25, -0.2) is 0 Å². The number of methoxy groups -OCH3 is 3. The maximum absolute atomic E-state index is 13.9. The molecule has 0 saturated carbocycles. The molecule has 5 N–H and O–H groups in total. The molecule has 252 valence electrons. The summed E-state index contributed by atoms with van der Waals surface area (Å²) in [5, 5.41) is 9.05. The summed E-state index contributed by atoms with van der Waals surface area (Å²) in [4.78, 5) is 68.5. The van der Waals surface area contributed by atoms with E-state index in [1.807, 2.05) is 19.9 Å². The van der Waals surface area contributed by atoms with E-state index in [1.165, 1.54) is 27.2 Å². The summed E-state index contributed by atoms with van der Waals surface area (Å²) >= 11 is 0. The van der Waals surface area contributed by atoms with Gasteiger partial charge in [-0.2, -0.15) is 0 Å². The fourth-order valence-corrected chi connectivity index (χ4v) is 6.11. The molecule has 13 heteroatoms. The number of hydrogen-bond donors (Lipinski definition) is 5. The monoisotopic (exact) mass is 657 g/mol. The van der Waals surface area contributed by atoms with E-state index in [0.717, 1.165) is 5.56 Å². The Bertz CT molecular complexity index is 2070. The van der Waals surface area contributed by atoms with Crippen LogP contribution in [0.2, 0.25) is 0 Å². The summed E-state index contributed by atoms with van der Waals surface area (Å²) in [6.45, 7) is 5.27. The summed E-state index contributed by atoms with van der Waals surface area (Å²) in [5.41, 5.74) is 2.26. The van der Waals surface area contributed by atoms with Gasteiger partial charge in [0.1, 0.15) is 6.04 Å². The summed E-state index contributed by atoms with van der Waals surface area (Å²) in [6, 6.07) is 10.2. The average molecular weight is 658 g/mol. The van der Waals surface area contributed by atoms with Crippen molar-refractivity contribution in [1.29, 1.82) is 0 Å². The minimum Gasteiger partial charge on any atom is -0.493 e. The largest absolute Gasteiger partial charge is 0.493 e. The number of rotatable bonds is 10. The van der Waals surface area contributed by atoms with E-state index in [0.29, 0.717) is 69.9 Å². The van der Waals surface area contributed by atoms with Crippen molar-refractivity contribution in [2.75, 3.05) is 32.0 Å². The summed E-state index contributed by atoms with van der Waals surface area (Å²) < 4.78 is 17.1. The molecule has 2 amide bonds. The van der Waals surface area contributed by atoms with Gasteiger partial charge in [0, 0.05) is 18.2 Å². The Hall–Kier alpha value is -5.59. The highest BCUT2D eigenvalue weighted by atomic mass is 16.5. The Balaban J connectivity index is 1.59. The molecular formula is C35H39N5O8. The van der Waals surface area contributed by atoms with E-state index in [4.69, 9.17) is 14.2 Å². The molecule has 0 saturated heterocycles. The van der Waals surface area contributed by atoms with Crippen molar-refractivity contribution >= 4 is 34.2 Å². The van der Waals surface area contributed by atoms with Crippen molar-refractivity contribution in [3.8, 4) is 28.4 Å². The molecule has 1 heterocycles. The molecule has 0 radical (unpaired) electrons. The highest BCUT2D eigenvalue weighted by molar-refractivity contribution is 5.98. The minimum atomic E-state index is -0.826. The second kappa shape index (κ2) is 14.0. The molecule has 0 fully saturated rings. The highest BCUT2D eigenvalue weighted by Gasteiger charge is 2.30.